The first kappa shape index (κ1) is 38.9. The van der Waals surface area contributed by atoms with Crippen LogP contribution in [-0.4, -0.2) is 123 Å². The molecule has 11 nitrogen and oxygen atoms in total. The van der Waals surface area contributed by atoms with Crippen molar-refractivity contribution >= 4 is 69.9 Å². The van der Waals surface area contributed by atoms with Gasteiger partial charge in [-0.1, -0.05) is 6.07 Å². The highest BCUT2D eigenvalue weighted by Gasteiger charge is 2.49. The van der Waals surface area contributed by atoms with Crippen LogP contribution in [0.25, 0.3) is 21.1 Å². The number of fused-ring (bicyclic) bond motifs is 2. The average molecular weight is 782 g/mol. The van der Waals surface area contributed by atoms with E-state index in [4.69, 9.17) is 0 Å². The molecule has 1 atom stereocenters. The highest BCUT2D eigenvalue weighted by Crippen LogP contribution is 2.42. The number of hydrogen-bond acceptors (Lipinski definition) is 10. The van der Waals surface area contributed by atoms with E-state index >= 15 is 0 Å². The number of rotatable bonds is 12. The Morgan fingerprint density at radius 3 is 2.37 bits per heavy atom. The standard InChI is InChI=1S/C36H48B2F3N9O2S2/c1-22(48-12-14-49(15-13-48)54(51,52)21-24-4-5-24)19-50-27(18-42)16-28-23(2)25(6-7-30(28)50)20-47-10-8-26(9-11-47)44-32-29-17-31(35(37,38)36(39,40)41)53-33(29)46-34(43-3)45-32/h6-7,16-17,22,24,26H,4-5,8-15,19-21,37-38H2,1-3H3,(H2,43,44,45,46)/t22-/m0/s1. The third-order valence-corrected chi connectivity index (χ3v) is 15.1. The molecule has 0 radical (unpaired) electrons. The number of benzene rings is 1. The predicted octanol–water partition coefficient (Wildman–Crippen LogP) is 3.67. The lowest BCUT2D eigenvalue weighted by atomic mass is 9.53. The molecule has 3 aliphatic rings. The largest absolute Gasteiger partial charge is 0.385 e. The van der Waals surface area contributed by atoms with Crippen LogP contribution in [0.1, 0.15) is 54.3 Å². The van der Waals surface area contributed by atoms with Crippen molar-refractivity contribution in [1.82, 2.24) is 28.6 Å². The highest BCUT2D eigenvalue weighted by molar-refractivity contribution is 7.89. The minimum atomic E-state index is -4.39. The smallest absolute Gasteiger partial charge is 0.367 e. The fourth-order valence-electron chi connectivity index (χ4n) is 7.73. The number of nitrogens with zero attached hydrogens (tertiary/aromatic N) is 7. The molecule has 2 aliphatic heterocycles. The van der Waals surface area contributed by atoms with Crippen molar-refractivity contribution in [2.24, 2.45) is 5.92 Å². The molecule has 2 N–H and O–H groups in total. The number of likely N-dealkylation sites (tertiary alicyclic amines) is 1. The number of piperidine rings is 1. The zero-order valence-corrected chi connectivity index (χ0v) is 33.3. The van der Waals surface area contributed by atoms with E-state index in [0.29, 0.717) is 66.3 Å². The Hall–Kier alpha value is -3.36. The Balaban J connectivity index is 0.986. The third kappa shape index (κ3) is 7.84. The van der Waals surface area contributed by atoms with Gasteiger partial charge in [0.2, 0.25) is 16.0 Å². The van der Waals surface area contributed by atoms with Crippen molar-refractivity contribution in [2.75, 3.05) is 62.7 Å². The molecule has 5 heterocycles. The first-order valence-corrected chi connectivity index (χ1v) is 21.3. The molecule has 3 fully saturated rings. The quantitative estimate of drug-likeness (QED) is 0.208. The molecule has 4 aromatic rings. The summed E-state index contributed by atoms with van der Waals surface area (Å²) in [6.07, 6.45) is -0.658. The normalized spacial score (nSPS) is 19.4. The number of hydrogen-bond donors (Lipinski definition) is 2. The van der Waals surface area contributed by atoms with E-state index in [1.165, 1.54) is 21.3 Å². The second-order valence-corrected chi connectivity index (χ2v) is 18.9. The predicted molar refractivity (Wildman–Crippen MR) is 214 cm³/mol. The van der Waals surface area contributed by atoms with E-state index in [2.05, 4.69) is 67.0 Å². The van der Waals surface area contributed by atoms with Gasteiger partial charge in [-0.05, 0) is 74.8 Å². The SMILES string of the molecule is BC(B)(c1cc2c(NC3CCN(Cc4ccc5c(cc(C#N)n5C[C@H](C)N5CCN(S(=O)(=O)CC6CC6)CC5)c4C)CC3)nc(NC)nc2s1)C(F)(F)F. The molecule has 0 unspecified atom stereocenters. The van der Waals surface area contributed by atoms with Gasteiger partial charge in [0.1, 0.15) is 38.1 Å². The van der Waals surface area contributed by atoms with Gasteiger partial charge >= 0.3 is 6.18 Å². The number of aromatic nitrogens is 3. The minimum Gasteiger partial charge on any atom is -0.367 e. The maximum atomic E-state index is 13.9. The monoisotopic (exact) mass is 781 g/mol. The molecular formula is C36H48B2F3N9O2S2. The van der Waals surface area contributed by atoms with Gasteiger partial charge in [0.05, 0.1) is 11.1 Å². The molecule has 0 bridgehead atoms. The molecule has 54 heavy (non-hydrogen) atoms. The summed E-state index contributed by atoms with van der Waals surface area (Å²) >= 11 is 1.06. The lowest BCUT2D eigenvalue weighted by Gasteiger charge is -2.37. The molecule has 3 aromatic heterocycles. The van der Waals surface area contributed by atoms with Crippen molar-refractivity contribution in [3.8, 4) is 6.07 Å². The highest BCUT2D eigenvalue weighted by atomic mass is 32.2. The molecule has 288 valence electrons. The summed E-state index contributed by atoms with van der Waals surface area (Å²) in [6.45, 7) is 9.74. The van der Waals surface area contributed by atoms with Gasteiger partial charge in [-0.15, -0.1) is 11.3 Å². The lowest BCUT2D eigenvalue weighted by Crippen LogP contribution is -2.52. The van der Waals surface area contributed by atoms with E-state index in [0.717, 1.165) is 73.1 Å². The van der Waals surface area contributed by atoms with Crippen molar-refractivity contribution in [3.63, 3.8) is 0 Å². The number of nitriles is 1. The number of aryl methyl sites for hydroxylation is 1. The second-order valence-electron chi connectivity index (χ2n) is 15.8. The number of sulfonamides is 1. The first-order valence-electron chi connectivity index (χ1n) is 18.9. The molecule has 1 aromatic carbocycles. The molecule has 2 saturated heterocycles. The Bertz CT molecular complexity index is 2170. The second kappa shape index (κ2) is 14.9. The summed E-state index contributed by atoms with van der Waals surface area (Å²) in [4.78, 5) is 14.5. The molecule has 1 saturated carbocycles. The zero-order valence-electron chi connectivity index (χ0n) is 31.6. The minimum absolute atomic E-state index is 0.107. The van der Waals surface area contributed by atoms with Gasteiger partial charge in [0.25, 0.3) is 0 Å². The van der Waals surface area contributed by atoms with Gasteiger partial charge in [-0.25, -0.2) is 13.4 Å². The van der Waals surface area contributed by atoms with Crippen molar-refractivity contribution < 1.29 is 21.6 Å². The van der Waals surface area contributed by atoms with Crippen molar-refractivity contribution in [1.29, 1.82) is 5.26 Å². The molecular weight excluding hydrogens is 733 g/mol. The Morgan fingerprint density at radius 2 is 1.74 bits per heavy atom. The van der Waals surface area contributed by atoms with Crippen LogP contribution in [0.15, 0.2) is 24.3 Å². The summed E-state index contributed by atoms with van der Waals surface area (Å²) in [5, 5.41) is 16.3. The van der Waals surface area contributed by atoms with E-state index in [9.17, 15) is 26.9 Å². The van der Waals surface area contributed by atoms with Crippen LogP contribution in [0, 0.1) is 24.2 Å². The van der Waals surface area contributed by atoms with Crippen LogP contribution in [0.3, 0.4) is 0 Å². The van der Waals surface area contributed by atoms with E-state index in [-0.39, 0.29) is 22.7 Å². The number of anilines is 2. The Labute approximate surface area is 321 Å². The van der Waals surface area contributed by atoms with Crippen LogP contribution in [-0.2, 0) is 28.3 Å². The number of halogens is 3. The van der Waals surface area contributed by atoms with Gasteiger partial charge in [-0.2, -0.15) is 27.7 Å². The molecule has 7 rings (SSSR count). The van der Waals surface area contributed by atoms with Crippen LogP contribution in [0.2, 0.25) is 0 Å². The molecule has 1 aliphatic carbocycles. The van der Waals surface area contributed by atoms with Gasteiger partial charge in [0, 0.05) is 92.5 Å². The van der Waals surface area contributed by atoms with Crippen molar-refractivity contribution in [2.45, 2.75) is 76.1 Å². The first-order chi connectivity index (χ1) is 25.6. The lowest BCUT2D eigenvalue weighted by molar-refractivity contribution is -0.143. The van der Waals surface area contributed by atoms with Crippen LogP contribution in [0.4, 0.5) is 24.9 Å². The van der Waals surface area contributed by atoms with Gasteiger partial charge in [-0.3, -0.25) is 9.80 Å². The summed E-state index contributed by atoms with van der Waals surface area (Å²) in [5.41, 5.74) is 4.01. The van der Waals surface area contributed by atoms with E-state index in [1.807, 2.05) is 6.07 Å². The topological polar surface area (TPSA) is 122 Å². The van der Waals surface area contributed by atoms with Crippen LogP contribution in [0.5, 0.6) is 0 Å². The molecule has 0 spiro atoms. The summed E-state index contributed by atoms with van der Waals surface area (Å²) in [6, 6.07) is 10.5. The number of piperazine rings is 1. The summed E-state index contributed by atoms with van der Waals surface area (Å²) < 4.78 is 71.0. The number of nitrogens with one attached hydrogen (secondary N) is 2. The van der Waals surface area contributed by atoms with Crippen molar-refractivity contribution in [3.05, 3.63) is 46.0 Å². The Kier molecular flexibility index (Phi) is 10.8. The van der Waals surface area contributed by atoms with E-state index in [1.54, 1.807) is 17.4 Å². The molecule has 18 heteroatoms. The maximum absolute atomic E-state index is 13.9. The average Bonchev–Trinajstić information content (AvgIpc) is 3.70. The number of thiophene rings is 1. The Morgan fingerprint density at radius 1 is 1.04 bits per heavy atom. The van der Waals surface area contributed by atoms with E-state index < -0.39 is 21.4 Å². The fraction of sp³-hybridized carbons (Fsp3) is 0.583. The number of alkyl halides is 3. The van der Waals surface area contributed by atoms with Gasteiger partial charge in [0.15, 0.2) is 0 Å². The van der Waals surface area contributed by atoms with Crippen LogP contribution < -0.4 is 10.6 Å². The summed E-state index contributed by atoms with van der Waals surface area (Å²) in [5.74, 6) is 1.53. The van der Waals surface area contributed by atoms with Gasteiger partial charge < -0.3 is 15.2 Å². The fourth-order valence-corrected chi connectivity index (χ4v) is 10.7. The summed E-state index contributed by atoms with van der Waals surface area (Å²) in [7, 11) is 0.899. The maximum Gasteiger partial charge on any atom is 0.385 e. The molecule has 0 amide bonds. The van der Waals surface area contributed by atoms with Crippen LogP contribution >= 0.6 is 11.3 Å². The third-order valence-electron chi connectivity index (χ3n) is 11.7. The zero-order chi connectivity index (χ0) is 38.6.